The largest absolute Gasteiger partial charge is 0.298 e. The first-order chi connectivity index (χ1) is 12.8. The van der Waals surface area contributed by atoms with Crippen LogP contribution in [0.1, 0.15) is 50.5 Å². The van der Waals surface area contributed by atoms with Gasteiger partial charge in [-0.25, -0.2) is 0 Å². The Balaban J connectivity index is 2.60. The van der Waals surface area contributed by atoms with Crippen LogP contribution in [0.25, 0.3) is 0 Å². The summed E-state index contributed by atoms with van der Waals surface area (Å²) < 4.78 is 78.2. The molecule has 18 heavy (non-hydrogen) atoms. The van der Waals surface area contributed by atoms with E-state index in [1.54, 1.807) is 0 Å². The lowest BCUT2D eigenvalue weighted by molar-refractivity contribution is -0.121. The molecule has 0 amide bonds. The number of carbonyl (C=O) groups excluding carboxylic acids is 1. The first kappa shape index (κ1) is 5.00. The van der Waals surface area contributed by atoms with Gasteiger partial charge in [-0.05, 0) is 11.1 Å². The van der Waals surface area contributed by atoms with Gasteiger partial charge in [-0.3, -0.25) is 4.79 Å². The Morgan fingerprint density at radius 1 is 0.833 bits per heavy atom. The molecule has 0 saturated heterocycles. The summed E-state index contributed by atoms with van der Waals surface area (Å²) >= 11 is 0. The molecule has 0 radical (unpaired) electrons. The van der Waals surface area contributed by atoms with Crippen LogP contribution < -0.4 is 0 Å². The van der Waals surface area contributed by atoms with Crippen molar-refractivity contribution in [1.29, 1.82) is 0 Å². The number of ketones is 1. The summed E-state index contributed by atoms with van der Waals surface area (Å²) in [5.41, 5.74) is -0.370. The highest BCUT2D eigenvalue weighted by atomic mass is 16.1. The standard InChI is InChI=1S/C17H18O/c1-13(15-9-5-3-6-10-15)17(18)14(2)16-11-7-4-8-12-16/h3-14H,1-2H3/i3D,4D,5D,6D,7D,8D,9D,10D,11D,12D. The number of hydrogen-bond acceptors (Lipinski definition) is 1. The summed E-state index contributed by atoms with van der Waals surface area (Å²) in [7, 11) is 0. The van der Waals surface area contributed by atoms with Gasteiger partial charge >= 0.3 is 0 Å². The number of benzene rings is 2. The van der Waals surface area contributed by atoms with Crippen molar-refractivity contribution >= 4 is 5.78 Å². The number of hydrogen-bond donors (Lipinski definition) is 0. The maximum atomic E-state index is 13.0. The van der Waals surface area contributed by atoms with Crippen molar-refractivity contribution in [3.63, 3.8) is 0 Å². The van der Waals surface area contributed by atoms with E-state index in [0.717, 1.165) is 0 Å². The average molecular weight is 248 g/mol. The van der Waals surface area contributed by atoms with Gasteiger partial charge in [0, 0.05) is 11.8 Å². The lowest BCUT2D eigenvalue weighted by atomic mass is 9.86. The van der Waals surface area contributed by atoms with E-state index in [9.17, 15) is 4.79 Å². The van der Waals surface area contributed by atoms with Crippen LogP contribution >= 0.6 is 0 Å². The van der Waals surface area contributed by atoms with Gasteiger partial charge in [-0.15, -0.1) is 0 Å². The fourth-order valence-electron chi connectivity index (χ4n) is 1.61. The van der Waals surface area contributed by atoms with E-state index in [0.29, 0.717) is 0 Å². The van der Waals surface area contributed by atoms with Crippen molar-refractivity contribution in [1.82, 2.24) is 0 Å². The lowest BCUT2D eigenvalue weighted by Gasteiger charge is -2.16. The summed E-state index contributed by atoms with van der Waals surface area (Å²) in [6, 6.07) is -5.40. The Hall–Kier alpha value is -1.89. The van der Waals surface area contributed by atoms with Crippen molar-refractivity contribution in [2.45, 2.75) is 25.7 Å². The molecule has 0 fully saturated rings. The van der Waals surface area contributed by atoms with Crippen molar-refractivity contribution < 1.29 is 18.5 Å². The SMILES string of the molecule is [2H]c1c([2H])c([2H])c(C(C)C(=O)C(C)c2c([2H])c([2H])c([2H])c([2H])c2[2H])c([2H])c1[2H]. The molecule has 2 unspecified atom stereocenters. The van der Waals surface area contributed by atoms with Gasteiger partial charge in [0.05, 0.1) is 13.7 Å². The van der Waals surface area contributed by atoms with Crippen molar-refractivity contribution in [2.24, 2.45) is 0 Å². The summed E-state index contributed by atoms with van der Waals surface area (Å²) in [5.74, 6) is -2.89. The zero-order chi connectivity index (χ0) is 21.7. The third-order valence-corrected chi connectivity index (χ3v) is 2.76. The zero-order valence-corrected chi connectivity index (χ0v) is 10.1. The summed E-state index contributed by atoms with van der Waals surface area (Å²) in [6.45, 7) is 2.75. The van der Waals surface area contributed by atoms with Gasteiger partial charge in [0.2, 0.25) is 0 Å². The molecule has 92 valence electrons. The first-order valence-corrected chi connectivity index (χ1v) is 5.51. The highest BCUT2D eigenvalue weighted by molar-refractivity contribution is 5.91. The highest BCUT2D eigenvalue weighted by Gasteiger charge is 2.22. The summed E-state index contributed by atoms with van der Waals surface area (Å²) in [6.07, 6.45) is 0. The van der Waals surface area contributed by atoms with E-state index in [4.69, 9.17) is 13.7 Å². The van der Waals surface area contributed by atoms with Crippen molar-refractivity contribution in [3.8, 4) is 0 Å². The van der Waals surface area contributed by atoms with Crippen molar-refractivity contribution in [3.05, 3.63) is 71.6 Å². The van der Waals surface area contributed by atoms with Gasteiger partial charge in [-0.2, -0.15) is 0 Å². The Morgan fingerprint density at radius 3 is 1.50 bits per heavy atom. The monoisotopic (exact) mass is 248 g/mol. The molecule has 2 rings (SSSR count). The van der Waals surface area contributed by atoms with Gasteiger partial charge < -0.3 is 0 Å². The van der Waals surface area contributed by atoms with Crippen molar-refractivity contribution in [2.75, 3.05) is 0 Å². The second-order valence-corrected chi connectivity index (χ2v) is 3.92. The van der Waals surface area contributed by atoms with E-state index in [1.165, 1.54) is 13.8 Å². The van der Waals surface area contributed by atoms with E-state index in [1.807, 2.05) is 0 Å². The molecular weight excluding hydrogens is 220 g/mol. The van der Waals surface area contributed by atoms with Crippen LogP contribution in [0.15, 0.2) is 60.4 Å². The molecule has 1 heteroatoms. The molecular formula is C17H18O. The summed E-state index contributed by atoms with van der Waals surface area (Å²) in [5, 5.41) is 0. The molecule has 0 heterocycles. The van der Waals surface area contributed by atoms with E-state index >= 15 is 0 Å². The van der Waals surface area contributed by atoms with E-state index in [2.05, 4.69) is 0 Å². The number of carbonyl (C=O) groups is 1. The predicted octanol–water partition coefficient (Wildman–Crippen LogP) is 4.16. The third kappa shape index (κ3) is 2.67. The van der Waals surface area contributed by atoms with E-state index in [-0.39, 0.29) is 11.1 Å². The second kappa shape index (κ2) is 5.63. The van der Waals surface area contributed by atoms with Crippen LogP contribution in [0, 0.1) is 0 Å². The minimum atomic E-state index is -1.14. The van der Waals surface area contributed by atoms with Crippen LogP contribution in [0.4, 0.5) is 0 Å². The molecule has 0 spiro atoms. The van der Waals surface area contributed by atoms with Crippen LogP contribution in [0.3, 0.4) is 0 Å². The molecule has 2 aromatic carbocycles. The average Bonchev–Trinajstić information content (AvgIpc) is 2.67. The molecule has 0 saturated carbocycles. The molecule has 0 aliphatic heterocycles. The molecule has 2 atom stereocenters. The zero-order valence-electron chi connectivity index (χ0n) is 20.1. The quantitative estimate of drug-likeness (QED) is 0.794. The normalized spacial score (nSPS) is 21.7. The Morgan fingerprint density at radius 2 is 1.17 bits per heavy atom. The number of Topliss-reactive ketones (excluding diaryl/α,β-unsaturated/α-hetero) is 1. The minimum Gasteiger partial charge on any atom is -0.298 e. The van der Waals surface area contributed by atoms with Gasteiger partial charge in [0.15, 0.2) is 0 Å². The fraction of sp³-hybridized carbons (Fsp3) is 0.235. The smallest absolute Gasteiger partial charge is 0.147 e. The highest BCUT2D eigenvalue weighted by Crippen LogP contribution is 2.25. The maximum Gasteiger partial charge on any atom is 0.147 e. The van der Waals surface area contributed by atoms with Crippen LogP contribution in [-0.2, 0) is 4.79 Å². The van der Waals surface area contributed by atoms with E-state index < -0.39 is 78.0 Å². The molecule has 2 aromatic rings. The topological polar surface area (TPSA) is 17.1 Å². The Kier molecular flexibility index (Phi) is 1.57. The maximum absolute atomic E-state index is 13.0. The molecule has 0 aliphatic rings. The summed E-state index contributed by atoms with van der Waals surface area (Å²) in [4.78, 5) is 13.0. The van der Waals surface area contributed by atoms with Crippen LogP contribution in [0.5, 0.6) is 0 Å². The predicted molar refractivity (Wildman–Crippen MR) is 74.7 cm³/mol. The molecule has 0 aromatic heterocycles. The molecule has 0 N–H and O–H groups in total. The second-order valence-electron chi connectivity index (χ2n) is 3.92. The third-order valence-electron chi connectivity index (χ3n) is 2.76. The lowest BCUT2D eigenvalue weighted by Crippen LogP contribution is -2.16. The fourth-order valence-corrected chi connectivity index (χ4v) is 1.61. The minimum absolute atomic E-state index is 0.185. The van der Waals surface area contributed by atoms with Gasteiger partial charge in [0.25, 0.3) is 0 Å². The first-order valence-electron chi connectivity index (χ1n) is 10.5. The Bertz CT molecular complexity index is 849. The van der Waals surface area contributed by atoms with Gasteiger partial charge in [0.1, 0.15) is 5.78 Å². The number of rotatable bonds is 4. The van der Waals surface area contributed by atoms with Crippen LogP contribution in [0.2, 0.25) is 0 Å². The molecule has 0 aliphatic carbocycles. The Labute approximate surface area is 123 Å². The van der Waals surface area contributed by atoms with Crippen LogP contribution in [-0.4, -0.2) is 5.78 Å². The molecule has 1 nitrogen and oxygen atoms in total. The molecule has 0 bridgehead atoms. The van der Waals surface area contributed by atoms with Gasteiger partial charge in [-0.1, -0.05) is 74.3 Å².